The van der Waals surface area contributed by atoms with E-state index in [-0.39, 0.29) is 28.7 Å². The summed E-state index contributed by atoms with van der Waals surface area (Å²) in [4.78, 5) is 36.6. The molecule has 1 fully saturated rings. The minimum atomic E-state index is -0.169. The second kappa shape index (κ2) is 7.09. The number of carbonyl (C=O) groups is 3. The Morgan fingerprint density at radius 3 is 2.55 bits per heavy atom. The van der Waals surface area contributed by atoms with Crippen LogP contribution in [0.2, 0.25) is 5.31 Å². The van der Waals surface area contributed by atoms with Gasteiger partial charge in [-0.15, -0.1) is 0 Å². The minimum absolute atomic E-state index is 0.00609. The van der Waals surface area contributed by atoms with Gasteiger partial charge in [0.2, 0.25) is 11.8 Å². The van der Waals surface area contributed by atoms with Gasteiger partial charge in [-0.25, -0.2) is 0 Å². The number of hydrogen-bond acceptors (Lipinski definition) is 3. The van der Waals surface area contributed by atoms with Gasteiger partial charge in [-0.3, -0.25) is 14.5 Å². The van der Waals surface area contributed by atoms with Crippen molar-refractivity contribution in [1.82, 2.24) is 4.90 Å². The fourth-order valence-electron chi connectivity index (χ4n) is 2.60. The number of nitrogens with zero attached hydrogens (tertiary/aromatic N) is 1. The molecule has 1 aliphatic heterocycles. The molecule has 110 valence electrons. The van der Waals surface area contributed by atoms with Crippen molar-refractivity contribution < 1.29 is 14.4 Å². The first-order valence-electron chi connectivity index (χ1n) is 7.63. The van der Waals surface area contributed by atoms with Gasteiger partial charge < -0.3 is 4.79 Å². The molecular weight excluding hydrogens is 252 g/mol. The predicted molar refractivity (Wildman–Crippen MR) is 84.0 cm³/mol. The molecule has 0 aromatic rings. The van der Waals surface area contributed by atoms with Crippen LogP contribution in [0.25, 0.3) is 0 Å². The summed E-state index contributed by atoms with van der Waals surface area (Å²) in [6.45, 7) is 4.62. The molecule has 1 heterocycles. The van der Waals surface area contributed by atoms with Gasteiger partial charge in [0, 0.05) is 18.9 Å². The molecule has 0 aliphatic carbocycles. The van der Waals surface area contributed by atoms with Gasteiger partial charge in [-0.1, -0.05) is 26.7 Å². The largest absolute Gasteiger partial charge is 0.312 e. The van der Waals surface area contributed by atoms with Crippen molar-refractivity contribution in [3.05, 3.63) is 0 Å². The first-order chi connectivity index (χ1) is 9.29. The van der Waals surface area contributed by atoms with Gasteiger partial charge in [-0.05, 0) is 24.6 Å². The maximum absolute atomic E-state index is 12.3. The molecule has 1 aliphatic rings. The Labute approximate surface area is 123 Å². The third kappa shape index (κ3) is 4.22. The number of unbranched alkanes of at least 4 members (excludes halogenated alkanes) is 2. The van der Waals surface area contributed by atoms with Crippen LogP contribution in [-0.2, 0) is 14.4 Å². The Balaban J connectivity index is 2.45. The smallest absolute Gasteiger partial charge is 0.232 e. The van der Waals surface area contributed by atoms with E-state index in [1.165, 1.54) is 4.90 Å². The van der Waals surface area contributed by atoms with E-state index in [0.29, 0.717) is 19.4 Å². The molecule has 1 saturated heterocycles. The van der Waals surface area contributed by atoms with Crippen LogP contribution in [0.5, 0.6) is 0 Å². The van der Waals surface area contributed by atoms with Gasteiger partial charge in [0.05, 0.1) is 5.68 Å². The summed E-state index contributed by atoms with van der Waals surface area (Å²) < 4.78 is 0. The number of rotatable bonds is 8. The van der Waals surface area contributed by atoms with E-state index in [1.54, 1.807) is 7.85 Å². The van der Waals surface area contributed by atoms with Gasteiger partial charge in [-0.2, -0.15) is 0 Å². The summed E-state index contributed by atoms with van der Waals surface area (Å²) in [6.07, 6.45) is 4.36. The van der Waals surface area contributed by atoms with E-state index in [4.69, 9.17) is 0 Å². The molecule has 1 unspecified atom stereocenters. The highest BCUT2D eigenvalue weighted by Crippen LogP contribution is 2.42. The molecule has 0 spiro atoms. The highest BCUT2D eigenvalue weighted by atomic mass is 16.2. The second-order valence-electron chi connectivity index (χ2n) is 6.50. The molecule has 0 saturated carbocycles. The van der Waals surface area contributed by atoms with Gasteiger partial charge in [0.1, 0.15) is 7.85 Å². The van der Waals surface area contributed by atoms with Crippen molar-refractivity contribution in [1.29, 1.82) is 0 Å². The molecule has 1 rings (SSSR count). The van der Waals surface area contributed by atoms with Crippen LogP contribution >= 0.6 is 0 Å². The van der Waals surface area contributed by atoms with E-state index in [2.05, 4.69) is 21.7 Å². The lowest BCUT2D eigenvalue weighted by molar-refractivity contribution is -0.139. The maximum atomic E-state index is 12.3. The number of amides is 2. The molecule has 0 aromatic carbocycles. The van der Waals surface area contributed by atoms with Gasteiger partial charge in [0.15, 0.2) is 7.85 Å². The summed E-state index contributed by atoms with van der Waals surface area (Å²) in [6, 6.07) is 0. The number of likely N-dealkylation sites (tertiary alicyclic amines) is 1. The Morgan fingerprint density at radius 2 is 2.00 bits per heavy atom. The molecule has 0 bridgehead atoms. The number of carbonyl (C=O) groups excluding carboxylic acids is 3. The van der Waals surface area contributed by atoms with Crippen molar-refractivity contribution in [2.24, 2.45) is 5.92 Å². The summed E-state index contributed by atoms with van der Waals surface area (Å²) in [5.41, 5.74) is 0.197. The monoisotopic (exact) mass is 277 g/mol. The summed E-state index contributed by atoms with van der Waals surface area (Å²) in [7, 11) is 3.64. The Hall–Kier alpha value is -1.06. The lowest BCUT2D eigenvalue weighted by Gasteiger charge is -2.28. The highest BCUT2D eigenvalue weighted by molar-refractivity contribution is 6.57. The minimum Gasteiger partial charge on any atom is -0.312 e. The van der Waals surface area contributed by atoms with Gasteiger partial charge in [0.25, 0.3) is 0 Å². The molecule has 2 amide bonds. The first-order valence-corrected chi connectivity index (χ1v) is 7.63. The van der Waals surface area contributed by atoms with Crippen LogP contribution in [0.4, 0.5) is 0 Å². The molecule has 0 aromatic heterocycles. The van der Waals surface area contributed by atoms with Gasteiger partial charge >= 0.3 is 0 Å². The molecular formula is C14H25B2NO3. The fraction of sp³-hybridized carbons (Fsp3) is 0.786. The first kappa shape index (κ1) is 17.0. The van der Waals surface area contributed by atoms with Crippen LogP contribution < -0.4 is 0 Å². The average molecular weight is 277 g/mol. The second-order valence-corrected chi connectivity index (χ2v) is 6.50. The summed E-state index contributed by atoms with van der Waals surface area (Å²) >= 11 is 0. The Kier molecular flexibility index (Phi) is 6.03. The van der Waals surface area contributed by atoms with Crippen molar-refractivity contribution >= 4 is 33.2 Å². The van der Waals surface area contributed by atoms with E-state index in [9.17, 15) is 14.4 Å². The van der Waals surface area contributed by atoms with E-state index >= 15 is 0 Å². The normalized spacial score (nSPS) is 22.1. The zero-order chi connectivity index (χ0) is 15.3. The maximum Gasteiger partial charge on any atom is 0.232 e. The number of imide groups is 1. The predicted octanol–water partition coefficient (Wildman–Crippen LogP) is 0.303. The van der Waals surface area contributed by atoms with E-state index in [1.807, 2.05) is 0 Å². The van der Waals surface area contributed by atoms with Crippen molar-refractivity contribution in [2.75, 3.05) is 6.54 Å². The van der Waals surface area contributed by atoms with Crippen molar-refractivity contribution in [2.45, 2.75) is 57.7 Å². The topological polar surface area (TPSA) is 54.5 Å². The number of hydrogen-bond donors (Lipinski definition) is 0. The van der Waals surface area contributed by atoms with Crippen LogP contribution in [-0.4, -0.2) is 44.6 Å². The molecule has 20 heavy (non-hydrogen) atoms. The lowest BCUT2D eigenvalue weighted by Crippen LogP contribution is -2.34. The molecule has 0 radical (unpaired) electrons. The summed E-state index contributed by atoms with van der Waals surface area (Å²) in [5, 5.41) is -0.115. The van der Waals surface area contributed by atoms with Crippen molar-refractivity contribution in [3.8, 4) is 0 Å². The zero-order valence-electron chi connectivity index (χ0n) is 13.2. The van der Waals surface area contributed by atoms with E-state index < -0.39 is 0 Å². The Morgan fingerprint density at radius 1 is 1.35 bits per heavy atom. The fourth-order valence-corrected chi connectivity index (χ4v) is 2.60. The molecule has 6 heteroatoms. The molecule has 2 atom stereocenters. The van der Waals surface area contributed by atoms with Crippen LogP contribution in [0, 0.1) is 5.92 Å². The zero-order valence-corrected chi connectivity index (χ0v) is 13.2. The van der Waals surface area contributed by atoms with Crippen molar-refractivity contribution in [3.63, 3.8) is 0 Å². The third-order valence-electron chi connectivity index (χ3n) is 4.51. The quantitative estimate of drug-likeness (QED) is 0.364. The molecule has 0 N–H and O–H groups in total. The molecule has 4 nitrogen and oxygen atoms in total. The average Bonchev–Trinajstić information content (AvgIpc) is 2.66. The third-order valence-corrected chi connectivity index (χ3v) is 4.51. The SMILES string of the molecule is BC(=O)CCCCCN1C(=O)CC([C@@](B)(C)CC)C1=O. The van der Waals surface area contributed by atoms with Crippen LogP contribution in [0.15, 0.2) is 0 Å². The lowest BCUT2D eigenvalue weighted by atomic mass is 9.60. The standard InChI is InChI=1S/C14H25B2NO3/c1-3-14(2,16)10-9-12(19)17(13(10)20)8-6-4-5-7-11(15)18/h10H,3-9,15-16H2,1-2H3/t10?,14-/m1/s1. The summed E-state index contributed by atoms with van der Waals surface area (Å²) in [5.74, 6) is -0.210. The highest BCUT2D eigenvalue weighted by Gasteiger charge is 2.45. The Bertz CT molecular complexity index is 396. The van der Waals surface area contributed by atoms with E-state index in [0.717, 1.165) is 25.7 Å². The van der Waals surface area contributed by atoms with Crippen LogP contribution in [0.3, 0.4) is 0 Å². The van der Waals surface area contributed by atoms with Crippen LogP contribution in [0.1, 0.15) is 52.4 Å².